The molecule has 33 heavy (non-hydrogen) atoms. The monoisotopic (exact) mass is 450 g/mol. The van der Waals surface area contributed by atoms with Gasteiger partial charge in [0.25, 0.3) is 5.91 Å². The Morgan fingerprint density at radius 2 is 1.88 bits per heavy atom. The largest absolute Gasteiger partial charge is 0.489 e. The summed E-state index contributed by atoms with van der Waals surface area (Å²) < 4.78 is 33.3. The second-order valence-electron chi connectivity index (χ2n) is 8.43. The molecule has 0 unspecified atom stereocenters. The number of benzene rings is 2. The molecule has 1 aromatic heterocycles. The van der Waals surface area contributed by atoms with Crippen molar-refractivity contribution < 1.29 is 23.4 Å². The van der Waals surface area contributed by atoms with Crippen LogP contribution in [0.1, 0.15) is 28.9 Å². The highest BCUT2D eigenvalue weighted by Gasteiger charge is 2.41. The lowest BCUT2D eigenvalue weighted by molar-refractivity contribution is -0.181. The Morgan fingerprint density at radius 3 is 2.61 bits per heavy atom. The number of ether oxygens (including phenoxy) is 3. The average molecular weight is 451 g/mol. The van der Waals surface area contributed by atoms with Crippen molar-refractivity contribution in [1.29, 1.82) is 0 Å². The fraction of sp³-hybridized carbons (Fsp3) is 0.346. The maximum atomic E-state index is 13.9. The third-order valence-electron chi connectivity index (χ3n) is 6.34. The van der Waals surface area contributed by atoms with Crippen molar-refractivity contribution in [1.82, 2.24) is 9.47 Å². The second kappa shape index (κ2) is 9.00. The molecule has 6 nitrogen and oxygen atoms in total. The minimum absolute atomic E-state index is 0.0647. The molecule has 3 heterocycles. The Labute approximate surface area is 192 Å². The average Bonchev–Trinajstić information content (AvgIpc) is 3.43. The van der Waals surface area contributed by atoms with E-state index in [9.17, 15) is 9.18 Å². The second-order valence-corrected chi connectivity index (χ2v) is 8.43. The van der Waals surface area contributed by atoms with Crippen LogP contribution in [0.25, 0.3) is 10.9 Å². The number of fused-ring (bicyclic) bond motifs is 1. The van der Waals surface area contributed by atoms with Gasteiger partial charge in [0.15, 0.2) is 5.79 Å². The summed E-state index contributed by atoms with van der Waals surface area (Å²) in [5.41, 5.74) is 2.19. The highest BCUT2D eigenvalue weighted by Crippen LogP contribution is 2.34. The molecule has 5 rings (SSSR count). The molecule has 0 radical (unpaired) electrons. The fourth-order valence-corrected chi connectivity index (χ4v) is 4.70. The summed E-state index contributed by atoms with van der Waals surface area (Å²) in [6.45, 7) is 6.77. The molecule has 0 atom stereocenters. The van der Waals surface area contributed by atoms with Gasteiger partial charge in [0, 0.05) is 37.9 Å². The number of rotatable bonds is 6. The molecular formula is C26H27FN2O4. The van der Waals surface area contributed by atoms with E-state index in [1.54, 1.807) is 12.1 Å². The number of amides is 1. The predicted molar refractivity (Wildman–Crippen MR) is 123 cm³/mol. The summed E-state index contributed by atoms with van der Waals surface area (Å²) in [7, 11) is 0. The van der Waals surface area contributed by atoms with E-state index in [-0.39, 0.29) is 11.7 Å². The number of hydrogen-bond acceptors (Lipinski definition) is 4. The van der Waals surface area contributed by atoms with Gasteiger partial charge in [0.2, 0.25) is 0 Å². The summed E-state index contributed by atoms with van der Waals surface area (Å²) in [6.07, 6.45) is 2.98. The van der Waals surface area contributed by atoms with E-state index in [0.29, 0.717) is 63.7 Å². The Kier molecular flexibility index (Phi) is 5.91. The van der Waals surface area contributed by atoms with Crippen LogP contribution in [0.5, 0.6) is 5.75 Å². The molecular weight excluding hydrogens is 423 g/mol. The maximum Gasteiger partial charge on any atom is 0.270 e. The van der Waals surface area contributed by atoms with Gasteiger partial charge in [0.05, 0.1) is 18.7 Å². The highest BCUT2D eigenvalue weighted by molar-refractivity contribution is 6.00. The third-order valence-corrected chi connectivity index (χ3v) is 6.34. The fourth-order valence-electron chi connectivity index (χ4n) is 4.70. The van der Waals surface area contributed by atoms with Gasteiger partial charge >= 0.3 is 0 Å². The van der Waals surface area contributed by atoms with Crippen molar-refractivity contribution in [2.75, 3.05) is 32.9 Å². The number of halogens is 1. The Balaban J connectivity index is 1.50. The number of hydrogen-bond donors (Lipinski definition) is 0. The quantitative estimate of drug-likeness (QED) is 0.524. The molecule has 0 N–H and O–H groups in total. The summed E-state index contributed by atoms with van der Waals surface area (Å²) in [6, 6.07) is 14.1. The van der Waals surface area contributed by atoms with Crippen molar-refractivity contribution in [2.24, 2.45) is 0 Å². The molecule has 2 aliphatic rings. The smallest absolute Gasteiger partial charge is 0.270 e. The van der Waals surface area contributed by atoms with Crippen LogP contribution in [0.3, 0.4) is 0 Å². The number of carbonyl (C=O) groups is 1. The molecule has 7 heteroatoms. The lowest BCUT2D eigenvalue weighted by Gasteiger charge is -2.37. The van der Waals surface area contributed by atoms with Crippen molar-refractivity contribution >= 4 is 16.8 Å². The van der Waals surface area contributed by atoms with Crippen molar-refractivity contribution in [3.05, 3.63) is 78.3 Å². The number of nitrogens with zero attached hydrogens (tertiary/aromatic N) is 2. The first kappa shape index (κ1) is 21.7. The molecule has 2 saturated heterocycles. The molecule has 1 spiro atoms. The Morgan fingerprint density at radius 1 is 1.12 bits per heavy atom. The molecule has 172 valence electrons. The van der Waals surface area contributed by atoms with Gasteiger partial charge in [-0.3, -0.25) is 4.79 Å². The van der Waals surface area contributed by atoms with E-state index < -0.39 is 5.79 Å². The van der Waals surface area contributed by atoms with E-state index in [1.165, 1.54) is 12.1 Å². The van der Waals surface area contributed by atoms with Crippen LogP contribution < -0.4 is 4.74 Å². The first-order valence-electron chi connectivity index (χ1n) is 11.3. The van der Waals surface area contributed by atoms with Crippen molar-refractivity contribution in [3.8, 4) is 5.75 Å². The van der Waals surface area contributed by atoms with Crippen LogP contribution in [0, 0.1) is 5.82 Å². The van der Waals surface area contributed by atoms with Gasteiger partial charge in [0.1, 0.15) is 23.9 Å². The molecule has 1 amide bonds. The zero-order valence-electron chi connectivity index (χ0n) is 18.5. The van der Waals surface area contributed by atoms with Crippen LogP contribution in [0.15, 0.2) is 61.2 Å². The summed E-state index contributed by atoms with van der Waals surface area (Å²) >= 11 is 0. The third kappa shape index (κ3) is 4.26. The lowest BCUT2D eigenvalue weighted by Crippen LogP contribution is -2.47. The van der Waals surface area contributed by atoms with Crippen LogP contribution in [0.4, 0.5) is 4.39 Å². The Hall–Kier alpha value is -3.16. The molecule has 2 aromatic carbocycles. The molecule has 2 aliphatic heterocycles. The van der Waals surface area contributed by atoms with E-state index in [2.05, 4.69) is 6.58 Å². The van der Waals surface area contributed by atoms with Crippen LogP contribution >= 0.6 is 0 Å². The van der Waals surface area contributed by atoms with Crippen LogP contribution in [-0.2, 0) is 16.0 Å². The first-order valence-corrected chi connectivity index (χ1v) is 11.3. The summed E-state index contributed by atoms with van der Waals surface area (Å²) in [5, 5.41) is 0.843. The maximum absolute atomic E-state index is 13.9. The standard InChI is InChI=1S/C26H27FN2O4/c1-2-13-31-24-8-4-7-22-21(24)17-23(29(22)18-19-5-3-6-20(27)16-19)25(30)28-11-9-26(10-12-28)32-14-15-33-26/h2-8,16-17H,1,9-15,18H2. The number of piperidine rings is 1. The minimum Gasteiger partial charge on any atom is -0.489 e. The van der Waals surface area contributed by atoms with E-state index in [1.807, 2.05) is 39.8 Å². The molecule has 0 saturated carbocycles. The SMILES string of the molecule is C=CCOc1cccc2c1cc(C(=O)N1CCC3(CC1)OCCO3)n2Cc1cccc(F)c1. The molecule has 0 aliphatic carbocycles. The minimum atomic E-state index is -0.545. The van der Waals surface area contributed by atoms with Gasteiger partial charge in [-0.1, -0.05) is 30.9 Å². The van der Waals surface area contributed by atoms with E-state index >= 15 is 0 Å². The number of aromatic nitrogens is 1. The van der Waals surface area contributed by atoms with E-state index in [4.69, 9.17) is 14.2 Å². The highest BCUT2D eigenvalue weighted by atomic mass is 19.1. The molecule has 3 aromatic rings. The molecule has 2 fully saturated rings. The lowest BCUT2D eigenvalue weighted by atomic mass is 10.0. The zero-order valence-corrected chi connectivity index (χ0v) is 18.5. The van der Waals surface area contributed by atoms with Gasteiger partial charge in [-0.25, -0.2) is 4.39 Å². The Bertz CT molecular complexity index is 1170. The predicted octanol–water partition coefficient (Wildman–Crippen LogP) is 4.37. The summed E-state index contributed by atoms with van der Waals surface area (Å²) in [4.78, 5) is 15.5. The van der Waals surface area contributed by atoms with Crippen LogP contribution in [0.2, 0.25) is 0 Å². The summed E-state index contributed by atoms with van der Waals surface area (Å²) in [5.74, 6) is -0.226. The van der Waals surface area contributed by atoms with E-state index in [0.717, 1.165) is 16.5 Å². The zero-order chi connectivity index (χ0) is 22.8. The van der Waals surface area contributed by atoms with Gasteiger partial charge < -0.3 is 23.7 Å². The number of carbonyl (C=O) groups excluding carboxylic acids is 1. The number of likely N-dealkylation sites (tertiary alicyclic amines) is 1. The van der Waals surface area contributed by atoms with Crippen LogP contribution in [-0.4, -0.2) is 54.1 Å². The van der Waals surface area contributed by atoms with Gasteiger partial charge in [-0.2, -0.15) is 0 Å². The first-order chi connectivity index (χ1) is 16.1. The van der Waals surface area contributed by atoms with Gasteiger partial charge in [-0.05, 0) is 35.9 Å². The van der Waals surface area contributed by atoms with Gasteiger partial charge in [-0.15, -0.1) is 0 Å². The molecule has 0 bridgehead atoms. The topological polar surface area (TPSA) is 52.9 Å². The van der Waals surface area contributed by atoms with Crippen molar-refractivity contribution in [2.45, 2.75) is 25.2 Å². The van der Waals surface area contributed by atoms with Crippen molar-refractivity contribution in [3.63, 3.8) is 0 Å². The normalized spacial score (nSPS) is 17.5.